The van der Waals surface area contributed by atoms with E-state index in [0.717, 1.165) is 22.0 Å². The third-order valence-electron chi connectivity index (χ3n) is 4.74. The minimum absolute atomic E-state index is 0.396. The van der Waals surface area contributed by atoms with E-state index in [4.69, 9.17) is 9.84 Å². The molecule has 9 heteroatoms. The maximum Gasteiger partial charge on any atom is 0.341 e. The monoisotopic (exact) mass is 411 g/mol. The summed E-state index contributed by atoms with van der Waals surface area (Å²) in [5.74, 6) is -2.66. The summed E-state index contributed by atoms with van der Waals surface area (Å²) in [6, 6.07) is 6.67. The van der Waals surface area contributed by atoms with Gasteiger partial charge in [-0.15, -0.1) is 0 Å². The van der Waals surface area contributed by atoms with Gasteiger partial charge in [-0.05, 0) is 48.6 Å². The normalized spacial score (nSPS) is 16.6. The van der Waals surface area contributed by atoms with E-state index < -0.39 is 45.2 Å². The van der Waals surface area contributed by atoms with E-state index in [-0.39, 0.29) is 0 Å². The predicted molar refractivity (Wildman–Crippen MR) is 96.6 cm³/mol. The molecule has 1 atom stereocenters. The molecule has 1 aliphatic carbocycles. The molecule has 0 fully saturated rings. The lowest BCUT2D eigenvalue weighted by Crippen LogP contribution is -2.33. The summed E-state index contributed by atoms with van der Waals surface area (Å²) in [5.41, 5.74) is 1.43. The maximum atomic E-state index is 13.5. The van der Waals surface area contributed by atoms with Crippen molar-refractivity contribution < 1.29 is 31.8 Å². The SMILES string of the molecule is CN([C@@H]1CCCc2c(OCC(=O)O)cccc21)S(=O)(=O)c1cc(F)cc(F)c1. The molecule has 1 aliphatic rings. The first-order valence-electron chi connectivity index (χ1n) is 8.60. The summed E-state index contributed by atoms with van der Waals surface area (Å²) in [5, 5.41) is 8.82. The number of nitrogens with zero attached hydrogens (tertiary/aromatic N) is 1. The summed E-state index contributed by atoms with van der Waals surface area (Å²) in [4.78, 5) is 10.3. The second-order valence-electron chi connectivity index (χ2n) is 6.54. The number of rotatable bonds is 6. The van der Waals surface area contributed by atoms with Crippen LogP contribution in [0, 0.1) is 11.6 Å². The zero-order valence-corrected chi connectivity index (χ0v) is 15.9. The van der Waals surface area contributed by atoms with Gasteiger partial charge in [0.2, 0.25) is 10.0 Å². The van der Waals surface area contributed by atoms with Gasteiger partial charge in [0.15, 0.2) is 6.61 Å². The van der Waals surface area contributed by atoms with Crippen LogP contribution in [0.5, 0.6) is 5.75 Å². The summed E-state index contributed by atoms with van der Waals surface area (Å²) >= 11 is 0. The molecule has 3 rings (SSSR count). The number of ether oxygens (including phenoxy) is 1. The van der Waals surface area contributed by atoms with Crippen LogP contribution in [0.25, 0.3) is 0 Å². The van der Waals surface area contributed by atoms with E-state index in [9.17, 15) is 22.0 Å². The van der Waals surface area contributed by atoms with Crippen LogP contribution in [0.1, 0.15) is 30.0 Å². The van der Waals surface area contributed by atoms with Gasteiger partial charge in [-0.1, -0.05) is 12.1 Å². The third kappa shape index (κ3) is 4.00. The minimum atomic E-state index is -4.15. The molecule has 0 aromatic heterocycles. The molecule has 2 aromatic rings. The van der Waals surface area contributed by atoms with Crippen molar-refractivity contribution in [1.29, 1.82) is 0 Å². The van der Waals surface area contributed by atoms with Crippen LogP contribution in [-0.2, 0) is 21.2 Å². The largest absolute Gasteiger partial charge is 0.482 e. The molecule has 0 unspecified atom stereocenters. The number of carboxylic acids is 1. The number of hydrogen-bond acceptors (Lipinski definition) is 4. The Balaban J connectivity index is 1.97. The molecule has 0 saturated heterocycles. The van der Waals surface area contributed by atoms with Gasteiger partial charge in [0.1, 0.15) is 17.4 Å². The zero-order chi connectivity index (χ0) is 20.5. The Morgan fingerprint density at radius 2 is 1.93 bits per heavy atom. The Bertz CT molecular complexity index is 989. The highest BCUT2D eigenvalue weighted by atomic mass is 32.2. The average Bonchev–Trinajstić information content (AvgIpc) is 2.64. The van der Waals surface area contributed by atoms with Crippen LogP contribution in [0.2, 0.25) is 0 Å². The van der Waals surface area contributed by atoms with Gasteiger partial charge in [0, 0.05) is 13.1 Å². The van der Waals surface area contributed by atoms with E-state index in [2.05, 4.69) is 0 Å². The van der Waals surface area contributed by atoms with Crippen LogP contribution < -0.4 is 4.74 Å². The predicted octanol–water partition coefficient (Wildman–Crippen LogP) is 3.13. The summed E-state index contributed by atoms with van der Waals surface area (Å²) in [6.45, 7) is -0.502. The number of carbonyl (C=O) groups is 1. The Morgan fingerprint density at radius 3 is 2.57 bits per heavy atom. The van der Waals surface area contributed by atoms with Gasteiger partial charge in [-0.2, -0.15) is 4.31 Å². The lowest BCUT2D eigenvalue weighted by atomic mass is 9.87. The first-order valence-corrected chi connectivity index (χ1v) is 10.0. The van der Waals surface area contributed by atoms with Crippen molar-refractivity contribution in [3.8, 4) is 5.75 Å². The molecule has 150 valence electrons. The molecule has 2 aromatic carbocycles. The number of sulfonamides is 1. The summed E-state index contributed by atoms with van der Waals surface area (Å²) < 4.78 is 59.3. The van der Waals surface area contributed by atoms with Gasteiger partial charge in [0.05, 0.1) is 10.9 Å². The summed E-state index contributed by atoms with van der Waals surface area (Å²) in [7, 11) is -2.78. The number of fused-ring (bicyclic) bond motifs is 1. The lowest BCUT2D eigenvalue weighted by molar-refractivity contribution is -0.139. The maximum absolute atomic E-state index is 13.5. The highest BCUT2D eigenvalue weighted by molar-refractivity contribution is 7.89. The second kappa shape index (κ2) is 7.84. The Kier molecular flexibility index (Phi) is 5.66. The first-order chi connectivity index (χ1) is 13.2. The van der Waals surface area contributed by atoms with Crippen molar-refractivity contribution >= 4 is 16.0 Å². The Hall–Kier alpha value is -2.52. The first kappa shape index (κ1) is 20.2. The quantitative estimate of drug-likeness (QED) is 0.790. The number of aliphatic carboxylic acids is 1. The molecule has 0 heterocycles. The number of benzene rings is 2. The topological polar surface area (TPSA) is 83.9 Å². The number of carboxylic acid groups (broad SMARTS) is 1. The highest BCUT2D eigenvalue weighted by Crippen LogP contribution is 2.40. The summed E-state index contributed by atoms with van der Waals surface area (Å²) in [6.07, 6.45) is 1.79. The molecule has 28 heavy (non-hydrogen) atoms. The van der Waals surface area contributed by atoms with Gasteiger partial charge in [0.25, 0.3) is 0 Å². The van der Waals surface area contributed by atoms with Gasteiger partial charge in [-0.25, -0.2) is 22.0 Å². The van der Waals surface area contributed by atoms with Crippen molar-refractivity contribution in [2.45, 2.75) is 30.2 Å². The van der Waals surface area contributed by atoms with Crippen molar-refractivity contribution in [3.05, 3.63) is 59.2 Å². The van der Waals surface area contributed by atoms with Crippen molar-refractivity contribution in [2.75, 3.05) is 13.7 Å². The highest BCUT2D eigenvalue weighted by Gasteiger charge is 2.33. The fourth-order valence-corrected chi connectivity index (χ4v) is 4.86. The molecule has 0 amide bonds. The molecule has 0 bridgehead atoms. The second-order valence-corrected chi connectivity index (χ2v) is 8.54. The third-order valence-corrected chi connectivity index (χ3v) is 6.58. The van der Waals surface area contributed by atoms with Crippen LogP contribution in [0.3, 0.4) is 0 Å². The zero-order valence-electron chi connectivity index (χ0n) is 15.1. The lowest BCUT2D eigenvalue weighted by Gasteiger charge is -2.33. The van der Waals surface area contributed by atoms with E-state index in [1.54, 1.807) is 18.2 Å². The smallest absolute Gasteiger partial charge is 0.341 e. The molecule has 0 saturated carbocycles. The Labute approximate surface area is 161 Å². The van der Waals surface area contributed by atoms with Crippen molar-refractivity contribution in [2.24, 2.45) is 0 Å². The van der Waals surface area contributed by atoms with Crippen LogP contribution in [0.4, 0.5) is 8.78 Å². The van der Waals surface area contributed by atoms with E-state index in [1.807, 2.05) is 0 Å². The van der Waals surface area contributed by atoms with Crippen molar-refractivity contribution in [3.63, 3.8) is 0 Å². The molecular formula is C19H19F2NO5S. The Morgan fingerprint density at radius 1 is 1.25 bits per heavy atom. The van der Waals surface area contributed by atoms with E-state index in [1.165, 1.54) is 7.05 Å². The van der Waals surface area contributed by atoms with E-state index in [0.29, 0.717) is 36.6 Å². The van der Waals surface area contributed by atoms with E-state index >= 15 is 0 Å². The molecule has 6 nitrogen and oxygen atoms in total. The molecule has 0 radical (unpaired) electrons. The average molecular weight is 411 g/mol. The van der Waals surface area contributed by atoms with Gasteiger partial charge >= 0.3 is 5.97 Å². The fraction of sp³-hybridized carbons (Fsp3) is 0.316. The van der Waals surface area contributed by atoms with Gasteiger partial charge in [-0.3, -0.25) is 0 Å². The van der Waals surface area contributed by atoms with Crippen LogP contribution >= 0.6 is 0 Å². The molecule has 0 spiro atoms. The minimum Gasteiger partial charge on any atom is -0.482 e. The molecule has 0 aliphatic heterocycles. The number of hydrogen-bond donors (Lipinski definition) is 1. The van der Waals surface area contributed by atoms with Crippen molar-refractivity contribution in [1.82, 2.24) is 4.31 Å². The number of halogens is 2. The molecular weight excluding hydrogens is 392 g/mol. The van der Waals surface area contributed by atoms with Gasteiger partial charge < -0.3 is 9.84 Å². The fourth-order valence-electron chi connectivity index (χ4n) is 3.45. The van der Waals surface area contributed by atoms with Crippen LogP contribution in [-0.4, -0.2) is 37.5 Å². The molecule has 1 N–H and O–H groups in total. The van der Waals surface area contributed by atoms with Crippen LogP contribution in [0.15, 0.2) is 41.3 Å². The standard InChI is InChI=1S/C19H19F2NO5S/c1-22(28(25,26)14-9-12(20)8-13(21)10-14)17-6-2-5-16-15(17)4-3-7-18(16)27-11-19(23)24/h3-4,7-10,17H,2,5-6,11H2,1H3,(H,23,24)/t17-/m1/s1.